The average molecular weight is 189 g/mol. The highest BCUT2D eigenvalue weighted by molar-refractivity contribution is 5.06. The first-order valence-electron chi connectivity index (χ1n) is 4.57. The maximum atomic E-state index is 9.58. The van der Waals surface area contributed by atoms with Crippen LogP contribution >= 0.6 is 0 Å². The molecule has 5 atom stereocenters. The molecule has 0 spiro atoms. The lowest BCUT2D eigenvalue weighted by Crippen LogP contribution is -2.39. The highest BCUT2D eigenvalue weighted by atomic mass is 16.3. The maximum Gasteiger partial charge on any atom is 0.0995 e. The SMILES string of the molecule is OC[C@@H]1[C@@H](O)[C@H](O)[C@H]2[C@@H](O)CCN21. The van der Waals surface area contributed by atoms with E-state index in [1.807, 2.05) is 0 Å². The summed E-state index contributed by atoms with van der Waals surface area (Å²) in [6, 6.07) is -0.815. The number of hydrogen-bond donors (Lipinski definition) is 4. The topological polar surface area (TPSA) is 84.2 Å². The van der Waals surface area contributed by atoms with Crippen LogP contribution in [0.15, 0.2) is 0 Å². The molecule has 13 heavy (non-hydrogen) atoms. The highest BCUT2D eigenvalue weighted by Crippen LogP contribution is 2.33. The van der Waals surface area contributed by atoms with Gasteiger partial charge in [-0.15, -0.1) is 0 Å². The average Bonchev–Trinajstić information content (AvgIpc) is 2.57. The predicted molar refractivity (Wildman–Crippen MR) is 44.0 cm³/mol. The Labute approximate surface area is 76.2 Å². The van der Waals surface area contributed by atoms with Gasteiger partial charge in [0.05, 0.1) is 37.0 Å². The monoisotopic (exact) mass is 189 g/mol. The van der Waals surface area contributed by atoms with Crippen molar-refractivity contribution in [3.63, 3.8) is 0 Å². The van der Waals surface area contributed by atoms with E-state index in [4.69, 9.17) is 5.11 Å². The van der Waals surface area contributed by atoms with Crippen LogP contribution < -0.4 is 0 Å². The van der Waals surface area contributed by atoms with E-state index in [-0.39, 0.29) is 6.61 Å². The van der Waals surface area contributed by atoms with E-state index in [9.17, 15) is 15.3 Å². The molecule has 4 N–H and O–H groups in total. The summed E-state index contributed by atoms with van der Waals surface area (Å²) < 4.78 is 0. The standard InChI is InChI=1S/C8H15NO4/c10-3-4-7(12)8(13)6-5(11)1-2-9(4)6/h4-8,10-13H,1-3H2/t4-,5+,6-,7-,8-/m1/s1. The van der Waals surface area contributed by atoms with Crippen LogP contribution in [0.1, 0.15) is 6.42 Å². The molecule has 5 heteroatoms. The van der Waals surface area contributed by atoms with E-state index < -0.39 is 30.4 Å². The smallest absolute Gasteiger partial charge is 0.0995 e. The van der Waals surface area contributed by atoms with Crippen LogP contribution in [0.3, 0.4) is 0 Å². The zero-order valence-electron chi connectivity index (χ0n) is 7.24. The minimum absolute atomic E-state index is 0.179. The van der Waals surface area contributed by atoms with Gasteiger partial charge >= 0.3 is 0 Å². The van der Waals surface area contributed by atoms with E-state index in [0.29, 0.717) is 13.0 Å². The lowest BCUT2D eigenvalue weighted by Gasteiger charge is -2.22. The number of fused-ring (bicyclic) bond motifs is 1. The summed E-state index contributed by atoms with van der Waals surface area (Å²) in [5.74, 6) is 0. The Morgan fingerprint density at radius 3 is 2.46 bits per heavy atom. The van der Waals surface area contributed by atoms with Crippen LogP contribution in [0.4, 0.5) is 0 Å². The van der Waals surface area contributed by atoms with Gasteiger partial charge in [-0.05, 0) is 6.42 Å². The van der Waals surface area contributed by atoms with Crippen molar-refractivity contribution in [2.45, 2.75) is 36.8 Å². The first-order chi connectivity index (χ1) is 6.16. The summed E-state index contributed by atoms with van der Waals surface area (Å²) in [4.78, 5) is 1.79. The molecule has 0 bridgehead atoms. The number of aliphatic hydroxyl groups is 4. The van der Waals surface area contributed by atoms with Crippen molar-refractivity contribution in [3.8, 4) is 0 Å². The molecule has 2 aliphatic rings. The summed E-state index contributed by atoms with van der Waals surface area (Å²) in [6.45, 7) is 0.451. The third-order valence-corrected chi connectivity index (χ3v) is 3.17. The molecular weight excluding hydrogens is 174 g/mol. The van der Waals surface area contributed by atoms with Crippen LogP contribution in [0, 0.1) is 0 Å². The molecule has 2 heterocycles. The molecule has 0 unspecified atom stereocenters. The Morgan fingerprint density at radius 1 is 1.15 bits per heavy atom. The summed E-state index contributed by atoms with van der Waals surface area (Å²) in [6.07, 6.45) is -1.86. The van der Waals surface area contributed by atoms with Crippen molar-refractivity contribution in [1.82, 2.24) is 4.90 Å². The molecule has 0 aromatic heterocycles. The Bertz CT molecular complexity index is 201. The molecule has 76 valence electrons. The van der Waals surface area contributed by atoms with Crippen molar-refractivity contribution in [2.75, 3.05) is 13.2 Å². The second kappa shape index (κ2) is 3.18. The molecule has 0 aromatic rings. The van der Waals surface area contributed by atoms with Crippen molar-refractivity contribution in [2.24, 2.45) is 0 Å². The molecule has 0 saturated carbocycles. The lowest BCUT2D eigenvalue weighted by atomic mass is 10.0. The van der Waals surface area contributed by atoms with Gasteiger partial charge in [0.1, 0.15) is 0 Å². The number of nitrogens with zero attached hydrogens (tertiary/aromatic N) is 1. The Balaban J connectivity index is 2.19. The molecule has 0 aliphatic carbocycles. The largest absolute Gasteiger partial charge is 0.395 e. The van der Waals surface area contributed by atoms with E-state index in [1.165, 1.54) is 0 Å². The van der Waals surface area contributed by atoms with E-state index in [0.717, 1.165) is 0 Å². The number of rotatable bonds is 1. The third-order valence-electron chi connectivity index (χ3n) is 3.17. The summed E-state index contributed by atoms with van der Waals surface area (Å²) in [7, 11) is 0. The van der Waals surface area contributed by atoms with Crippen LogP contribution in [0.5, 0.6) is 0 Å². The van der Waals surface area contributed by atoms with Gasteiger partial charge in [0.2, 0.25) is 0 Å². The zero-order chi connectivity index (χ0) is 9.59. The van der Waals surface area contributed by atoms with Crippen LogP contribution in [-0.4, -0.2) is 68.9 Å². The third kappa shape index (κ3) is 1.19. The number of hydrogen-bond acceptors (Lipinski definition) is 5. The molecule has 0 amide bonds. The quantitative estimate of drug-likeness (QED) is 0.367. The molecular formula is C8H15NO4. The van der Waals surface area contributed by atoms with Gasteiger partial charge in [0, 0.05) is 6.54 Å². The first-order valence-corrected chi connectivity index (χ1v) is 4.57. The van der Waals surface area contributed by atoms with E-state index >= 15 is 0 Å². The Morgan fingerprint density at radius 2 is 1.85 bits per heavy atom. The summed E-state index contributed by atoms with van der Waals surface area (Å²) in [5.41, 5.74) is 0. The molecule has 2 fully saturated rings. The Kier molecular flexibility index (Phi) is 2.29. The van der Waals surface area contributed by atoms with Crippen LogP contribution in [-0.2, 0) is 0 Å². The van der Waals surface area contributed by atoms with E-state index in [2.05, 4.69) is 0 Å². The van der Waals surface area contributed by atoms with Crippen molar-refractivity contribution in [1.29, 1.82) is 0 Å². The minimum Gasteiger partial charge on any atom is -0.395 e. The molecule has 0 aromatic carbocycles. The molecule has 2 saturated heterocycles. The maximum absolute atomic E-state index is 9.58. The lowest BCUT2D eigenvalue weighted by molar-refractivity contribution is -0.000895. The van der Waals surface area contributed by atoms with Gasteiger partial charge in [0.15, 0.2) is 0 Å². The van der Waals surface area contributed by atoms with Gasteiger partial charge in [-0.3, -0.25) is 4.90 Å². The molecule has 2 rings (SSSR count). The van der Waals surface area contributed by atoms with Crippen molar-refractivity contribution >= 4 is 0 Å². The van der Waals surface area contributed by atoms with Gasteiger partial charge in [0.25, 0.3) is 0 Å². The normalized spacial score (nSPS) is 51.2. The zero-order valence-corrected chi connectivity index (χ0v) is 7.24. The predicted octanol–water partition coefficient (Wildman–Crippen LogP) is -2.48. The summed E-state index contributed by atoms with van der Waals surface area (Å²) in [5, 5.41) is 37.6. The first kappa shape index (κ1) is 9.36. The fourth-order valence-electron chi connectivity index (χ4n) is 2.47. The fraction of sp³-hybridized carbons (Fsp3) is 1.00. The van der Waals surface area contributed by atoms with Crippen molar-refractivity contribution < 1.29 is 20.4 Å². The van der Waals surface area contributed by atoms with Gasteiger partial charge < -0.3 is 20.4 Å². The molecule has 5 nitrogen and oxygen atoms in total. The van der Waals surface area contributed by atoms with Crippen molar-refractivity contribution in [3.05, 3.63) is 0 Å². The second-order valence-electron chi connectivity index (χ2n) is 3.82. The van der Waals surface area contributed by atoms with Crippen LogP contribution in [0.2, 0.25) is 0 Å². The fourth-order valence-corrected chi connectivity index (χ4v) is 2.47. The highest BCUT2D eigenvalue weighted by Gasteiger charge is 2.52. The van der Waals surface area contributed by atoms with Crippen LogP contribution in [0.25, 0.3) is 0 Å². The minimum atomic E-state index is -0.940. The van der Waals surface area contributed by atoms with Gasteiger partial charge in [-0.25, -0.2) is 0 Å². The van der Waals surface area contributed by atoms with Gasteiger partial charge in [-0.2, -0.15) is 0 Å². The molecule has 2 aliphatic heterocycles. The van der Waals surface area contributed by atoms with E-state index in [1.54, 1.807) is 4.90 Å². The summed E-state index contributed by atoms with van der Waals surface area (Å²) >= 11 is 0. The Hall–Kier alpha value is -0.200. The molecule has 0 radical (unpaired) electrons. The number of aliphatic hydroxyl groups excluding tert-OH is 4. The van der Waals surface area contributed by atoms with Gasteiger partial charge in [-0.1, -0.05) is 0 Å². The second-order valence-corrected chi connectivity index (χ2v) is 3.82.